The average molecular weight is 392 g/mol. The molecule has 110 valence electrons. The van der Waals surface area contributed by atoms with E-state index >= 15 is 0 Å². The van der Waals surface area contributed by atoms with Crippen molar-refractivity contribution < 1.29 is 8.42 Å². The van der Waals surface area contributed by atoms with Crippen LogP contribution in [0.3, 0.4) is 0 Å². The summed E-state index contributed by atoms with van der Waals surface area (Å²) in [6, 6.07) is 0.341. The smallest absolute Gasteiger partial charge is 0.211 e. The largest absolute Gasteiger partial charge is 0.355 e. The lowest BCUT2D eigenvalue weighted by Gasteiger charge is -2.16. The van der Waals surface area contributed by atoms with Crippen LogP contribution in [0, 0.1) is 0 Å². The van der Waals surface area contributed by atoms with Crippen molar-refractivity contribution in [2.45, 2.75) is 33.2 Å². The quantitative estimate of drug-likeness (QED) is 0.255. The van der Waals surface area contributed by atoms with Crippen LogP contribution >= 0.6 is 24.0 Å². The number of aliphatic imine (C=N–C) groups is 1. The zero-order chi connectivity index (χ0) is 13.3. The molecule has 1 atom stereocenters. The summed E-state index contributed by atoms with van der Waals surface area (Å²) in [5.74, 6) is 0.794. The van der Waals surface area contributed by atoms with Gasteiger partial charge in [-0.05, 0) is 20.3 Å². The van der Waals surface area contributed by atoms with Gasteiger partial charge >= 0.3 is 0 Å². The third kappa shape index (κ3) is 9.89. The maximum Gasteiger partial charge on any atom is 0.211 e. The highest BCUT2D eigenvalue weighted by Gasteiger charge is 2.05. The molecule has 0 aromatic carbocycles. The van der Waals surface area contributed by atoms with Crippen molar-refractivity contribution in [3.8, 4) is 0 Å². The molecule has 0 saturated carbocycles. The van der Waals surface area contributed by atoms with Gasteiger partial charge in [-0.1, -0.05) is 6.92 Å². The van der Waals surface area contributed by atoms with E-state index in [9.17, 15) is 8.42 Å². The van der Waals surface area contributed by atoms with Gasteiger partial charge in [0.25, 0.3) is 0 Å². The van der Waals surface area contributed by atoms with Crippen molar-refractivity contribution in [3.05, 3.63) is 0 Å². The first-order valence-corrected chi connectivity index (χ1v) is 7.54. The fourth-order valence-corrected chi connectivity index (χ4v) is 1.64. The molecule has 0 amide bonds. The lowest BCUT2D eigenvalue weighted by molar-refractivity contribution is 0.580. The minimum Gasteiger partial charge on any atom is -0.355 e. The minimum atomic E-state index is -3.10. The number of nitrogens with one attached hydrogen (secondary N) is 3. The third-order valence-electron chi connectivity index (χ3n) is 2.34. The lowest BCUT2D eigenvalue weighted by atomic mass is 10.3. The van der Waals surface area contributed by atoms with Crippen LogP contribution in [0.1, 0.15) is 27.2 Å². The van der Waals surface area contributed by atoms with Gasteiger partial charge in [0.15, 0.2) is 5.96 Å². The molecule has 0 aliphatic rings. The van der Waals surface area contributed by atoms with E-state index in [1.54, 1.807) is 14.0 Å². The normalized spacial score (nSPS) is 13.7. The predicted molar refractivity (Wildman–Crippen MR) is 87.1 cm³/mol. The van der Waals surface area contributed by atoms with E-state index in [-0.39, 0.29) is 29.7 Å². The predicted octanol–water partition coefficient (Wildman–Crippen LogP) is 0.507. The molecule has 18 heavy (non-hydrogen) atoms. The van der Waals surface area contributed by atoms with E-state index in [1.807, 2.05) is 0 Å². The molecule has 0 fully saturated rings. The Labute approximate surface area is 127 Å². The second-order valence-electron chi connectivity index (χ2n) is 3.75. The molecular weight excluding hydrogens is 367 g/mol. The van der Waals surface area contributed by atoms with Crippen molar-refractivity contribution in [2.75, 3.05) is 25.9 Å². The summed E-state index contributed by atoms with van der Waals surface area (Å²) in [6.07, 6.45) is 1.00. The van der Waals surface area contributed by atoms with Crippen LogP contribution in [0.2, 0.25) is 0 Å². The van der Waals surface area contributed by atoms with Gasteiger partial charge in [-0.25, -0.2) is 13.1 Å². The van der Waals surface area contributed by atoms with E-state index in [0.29, 0.717) is 25.1 Å². The molecule has 0 spiro atoms. The van der Waals surface area contributed by atoms with Crippen molar-refractivity contribution in [2.24, 2.45) is 4.99 Å². The molecule has 0 aliphatic heterocycles. The molecule has 0 saturated heterocycles. The first kappa shape index (κ1) is 20.2. The maximum absolute atomic E-state index is 11.2. The molecule has 0 radical (unpaired) electrons. The first-order valence-electron chi connectivity index (χ1n) is 5.89. The van der Waals surface area contributed by atoms with Crippen molar-refractivity contribution >= 4 is 40.0 Å². The van der Waals surface area contributed by atoms with E-state index in [0.717, 1.165) is 6.42 Å². The summed E-state index contributed by atoms with van der Waals surface area (Å²) in [4.78, 5) is 4.05. The van der Waals surface area contributed by atoms with Crippen LogP contribution in [0.5, 0.6) is 0 Å². The van der Waals surface area contributed by atoms with E-state index < -0.39 is 10.0 Å². The van der Waals surface area contributed by atoms with E-state index in [2.05, 4.69) is 34.2 Å². The van der Waals surface area contributed by atoms with Crippen LogP contribution in [0.25, 0.3) is 0 Å². The van der Waals surface area contributed by atoms with Gasteiger partial charge in [0, 0.05) is 26.2 Å². The number of sulfonamides is 1. The molecule has 8 heteroatoms. The Morgan fingerprint density at radius 3 is 2.33 bits per heavy atom. The number of halogens is 1. The fourth-order valence-electron chi connectivity index (χ4n) is 1.02. The standard InChI is InChI=1S/C10H24N4O2S.HI/c1-5-9(3)14-10(11-4)12-7-8-13-17(15,16)6-2;/h9,13H,5-8H2,1-4H3,(H2,11,12,14);1H. The zero-order valence-corrected chi connectivity index (χ0v) is 14.6. The highest BCUT2D eigenvalue weighted by molar-refractivity contribution is 14.0. The van der Waals surface area contributed by atoms with E-state index in [4.69, 9.17) is 0 Å². The van der Waals surface area contributed by atoms with Gasteiger partial charge < -0.3 is 10.6 Å². The first-order chi connectivity index (χ1) is 7.95. The van der Waals surface area contributed by atoms with Crippen LogP contribution in [0.4, 0.5) is 0 Å². The third-order valence-corrected chi connectivity index (χ3v) is 3.74. The molecule has 1 unspecified atom stereocenters. The zero-order valence-electron chi connectivity index (χ0n) is 11.5. The van der Waals surface area contributed by atoms with Gasteiger partial charge in [0.2, 0.25) is 10.0 Å². The molecule has 0 bridgehead atoms. The van der Waals surface area contributed by atoms with Gasteiger partial charge in [-0.3, -0.25) is 4.99 Å². The van der Waals surface area contributed by atoms with Crippen LogP contribution in [-0.2, 0) is 10.0 Å². The Bertz CT molecular complexity index is 333. The maximum atomic E-state index is 11.2. The Morgan fingerprint density at radius 1 is 1.28 bits per heavy atom. The highest BCUT2D eigenvalue weighted by atomic mass is 127. The van der Waals surface area contributed by atoms with Gasteiger partial charge in [-0.15, -0.1) is 24.0 Å². The van der Waals surface area contributed by atoms with Gasteiger partial charge in [0.05, 0.1) is 5.75 Å². The number of guanidine groups is 1. The second-order valence-corrected chi connectivity index (χ2v) is 5.85. The van der Waals surface area contributed by atoms with E-state index in [1.165, 1.54) is 0 Å². The molecule has 0 aromatic rings. The second kappa shape index (κ2) is 10.8. The number of hydrogen-bond acceptors (Lipinski definition) is 3. The Balaban J connectivity index is 0. The van der Waals surface area contributed by atoms with Crippen molar-refractivity contribution in [3.63, 3.8) is 0 Å². The monoisotopic (exact) mass is 392 g/mol. The summed E-state index contributed by atoms with van der Waals surface area (Å²) in [5, 5.41) is 6.23. The molecule has 0 heterocycles. The average Bonchev–Trinajstić information content (AvgIpc) is 2.32. The van der Waals surface area contributed by atoms with Crippen LogP contribution in [0.15, 0.2) is 4.99 Å². The van der Waals surface area contributed by atoms with Gasteiger partial charge in [-0.2, -0.15) is 0 Å². The molecule has 0 rings (SSSR count). The molecule has 6 nitrogen and oxygen atoms in total. The van der Waals surface area contributed by atoms with Crippen molar-refractivity contribution in [1.29, 1.82) is 0 Å². The van der Waals surface area contributed by atoms with Crippen molar-refractivity contribution in [1.82, 2.24) is 15.4 Å². The molecule has 0 aromatic heterocycles. The summed E-state index contributed by atoms with van der Waals surface area (Å²) < 4.78 is 24.8. The Morgan fingerprint density at radius 2 is 1.89 bits per heavy atom. The summed E-state index contributed by atoms with van der Waals surface area (Å²) in [5.41, 5.74) is 0. The van der Waals surface area contributed by atoms with Gasteiger partial charge in [0.1, 0.15) is 0 Å². The molecular formula is C10H25IN4O2S. The van der Waals surface area contributed by atoms with Crippen LogP contribution in [-0.4, -0.2) is 46.3 Å². The summed E-state index contributed by atoms with van der Waals surface area (Å²) >= 11 is 0. The lowest BCUT2D eigenvalue weighted by Crippen LogP contribution is -2.44. The molecule has 0 aliphatic carbocycles. The Kier molecular flexibility index (Phi) is 12.1. The highest BCUT2D eigenvalue weighted by Crippen LogP contribution is 1.86. The van der Waals surface area contributed by atoms with Crippen LogP contribution < -0.4 is 15.4 Å². The topological polar surface area (TPSA) is 82.6 Å². The summed E-state index contributed by atoms with van der Waals surface area (Å²) in [6.45, 7) is 6.62. The number of nitrogens with zero attached hydrogens (tertiary/aromatic N) is 1. The number of rotatable bonds is 7. The summed E-state index contributed by atoms with van der Waals surface area (Å²) in [7, 11) is -1.41. The molecule has 3 N–H and O–H groups in total. The minimum absolute atomic E-state index is 0. The number of hydrogen-bond donors (Lipinski definition) is 3. The SMILES string of the molecule is CCC(C)NC(=NC)NCCNS(=O)(=O)CC.I. The fraction of sp³-hybridized carbons (Fsp3) is 0.900. The Hall–Kier alpha value is -0.0900.